The summed E-state index contributed by atoms with van der Waals surface area (Å²) < 4.78 is 0.989. The van der Waals surface area contributed by atoms with Gasteiger partial charge in [-0.05, 0) is 58.9 Å². The summed E-state index contributed by atoms with van der Waals surface area (Å²) in [7, 11) is 0. The van der Waals surface area contributed by atoms with Crippen LogP contribution in [0.3, 0.4) is 0 Å². The van der Waals surface area contributed by atoms with Gasteiger partial charge in [-0.2, -0.15) is 0 Å². The number of hydrogen-bond acceptors (Lipinski definition) is 3. The van der Waals surface area contributed by atoms with Crippen LogP contribution in [0.1, 0.15) is 24.4 Å². The van der Waals surface area contributed by atoms with Gasteiger partial charge in [0.1, 0.15) is 6.04 Å². The Morgan fingerprint density at radius 3 is 2.67 bits per heavy atom. The van der Waals surface area contributed by atoms with E-state index >= 15 is 0 Å². The Labute approximate surface area is 101 Å². The van der Waals surface area contributed by atoms with Crippen molar-refractivity contribution >= 4 is 33.2 Å². The molecule has 0 aromatic carbocycles. The average Bonchev–Trinajstić information content (AvgIpc) is 2.77. The summed E-state index contributed by atoms with van der Waals surface area (Å²) >= 11 is 4.90. The van der Waals surface area contributed by atoms with Crippen LogP contribution in [0.4, 0.5) is 0 Å². The van der Waals surface area contributed by atoms with Crippen molar-refractivity contribution in [2.24, 2.45) is 0 Å². The second kappa shape index (κ2) is 4.63. The van der Waals surface area contributed by atoms with Crippen molar-refractivity contribution in [2.45, 2.75) is 18.9 Å². The van der Waals surface area contributed by atoms with Crippen LogP contribution in [0.15, 0.2) is 15.2 Å². The highest BCUT2D eigenvalue weighted by Gasteiger charge is 2.29. The molecule has 2 heterocycles. The van der Waals surface area contributed by atoms with Gasteiger partial charge in [0.25, 0.3) is 0 Å². The van der Waals surface area contributed by atoms with Crippen molar-refractivity contribution in [1.82, 2.24) is 4.90 Å². The first-order valence-electron chi connectivity index (χ1n) is 4.89. The summed E-state index contributed by atoms with van der Waals surface area (Å²) in [5.41, 5.74) is 0.890. The van der Waals surface area contributed by atoms with Crippen LogP contribution in [0, 0.1) is 0 Å². The molecule has 1 saturated heterocycles. The summed E-state index contributed by atoms with van der Waals surface area (Å²) in [4.78, 5) is 13.3. The highest BCUT2D eigenvalue weighted by Crippen LogP contribution is 2.30. The van der Waals surface area contributed by atoms with Crippen molar-refractivity contribution in [1.29, 1.82) is 0 Å². The number of carboxylic acid groups (broad SMARTS) is 1. The Balaban J connectivity index is 2.22. The fourth-order valence-corrected chi connectivity index (χ4v) is 3.17. The Morgan fingerprint density at radius 1 is 1.53 bits per heavy atom. The predicted octanol–water partition coefficient (Wildman–Crippen LogP) is 2.73. The highest BCUT2D eigenvalue weighted by molar-refractivity contribution is 9.11. The van der Waals surface area contributed by atoms with E-state index in [2.05, 4.69) is 15.9 Å². The minimum atomic E-state index is -0.748. The smallest absolute Gasteiger partial charge is 0.325 e. The number of aliphatic carboxylic acids is 1. The summed E-state index contributed by atoms with van der Waals surface area (Å²) in [6.45, 7) is 1.79. The normalized spacial score (nSPS) is 19.3. The predicted molar refractivity (Wildman–Crippen MR) is 63.2 cm³/mol. The molecule has 82 valence electrons. The summed E-state index contributed by atoms with van der Waals surface area (Å²) in [5, 5.41) is 11.2. The molecular formula is C10H12BrNO2S. The monoisotopic (exact) mass is 289 g/mol. The highest BCUT2D eigenvalue weighted by atomic mass is 79.9. The second-order valence-corrected chi connectivity index (χ2v) is 5.96. The topological polar surface area (TPSA) is 40.5 Å². The number of hydrogen-bond donors (Lipinski definition) is 1. The SMILES string of the molecule is O=C(O)C(c1csc(Br)c1)N1CCCC1. The fourth-order valence-electron chi connectivity index (χ4n) is 1.98. The number of thiophene rings is 1. The third-order valence-corrected chi connectivity index (χ3v) is 4.17. The molecule has 0 bridgehead atoms. The van der Waals surface area contributed by atoms with Crippen LogP contribution in [0.2, 0.25) is 0 Å². The van der Waals surface area contributed by atoms with E-state index in [1.54, 1.807) is 0 Å². The fraction of sp³-hybridized carbons (Fsp3) is 0.500. The molecule has 1 aromatic heterocycles. The molecule has 1 aromatic rings. The van der Waals surface area contributed by atoms with Gasteiger partial charge in [-0.15, -0.1) is 11.3 Å². The van der Waals surface area contributed by atoms with Gasteiger partial charge in [-0.3, -0.25) is 9.69 Å². The van der Waals surface area contributed by atoms with Crippen LogP contribution in [0.25, 0.3) is 0 Å². The first-order chi connectivity index (χ1) is 7.18. The van der Waals surface area contributed by atoms with Crippen molar-refractivity contribution in [3.63, 3.8) is 0 Å². The van der Waals surface area contributed by atoms with Crippen LogP contribution in [-0.4, -0.2) is 29.1 Å². The van der Waals surface area contributed by atoms with Gasteiger partial charge < -0.3 is 5.11 Å². The van der Waals surface area contributed by atoms with E-state index in [1.165, 1.54) is 11.3 Å². The maximum Gasteiger partial charge on any atom is 0.325 e. The first-order valence-corrected chi connectivity index (χ1v) is 6.56. The lowest BCUT2D eigenvalue weighted by Crippen LogP contribution is -2.31. The van der Waals surface area contributed by atoms with Gasteiger partial charge in [0.2, 0.25) is 0 Å². The molecular weight excluding hydrogens is 278 g/mol. The van der Waals surface area contributed by atoms with Crippen molar-refractivity contribution in [3.05, 3.63) is 20.8 Å². The second-order valence-electron chi connectivity index (χ2n) is 3.67. The van der Waals surface area contributed by atoms with Gasteiger partial charge in [-0.25, -0.2) is 0 Å². The van der Waals surface area contributed by atoms with Crippen molar-refractivity contribution < 1.29 is 9.90 Å². The number of halogens is 1. The van der Waals surface area contributed by atoms with E-state index in [-0.39, 0.29) is 0 Å². The average molecular weight is 290 g/mol. The molecule has 0 amide bonds. The van der Waals surface area contributed by atoms with Crippen molar-refractivity contribution in [3.8, 4) is 0 Å². The number of carbonyl (C=O) groups is 1. The zero-order chi connectivity index (χ0) is 10.8. The quantitative estimate of drug-likeness (QED) is 0.930. The van der Waals surface area contributed by atoms with Gasteiger partial charge in [0.05, 0.1) is 3.79 Å². The molecule has 2 rings (SSSR count). The third-order valence-electron chi connectivity index (χ3n) is 2.64. The maximum atomic E-state index is 11.2. The molecule has 1 aliphatic rings. The van der Waals surface area contributed by atoms with Crippen LogP contribution in [-0.2, 0) is 4.79 Å². The Kier molecular flexibility index (Phi) is 3.43. The molecule has 15 heavy (non-hydrogen) atoms. The zero-order valence-electron chi connectivity index (χ0n) is 8.15. The van der Waals surface area contributed by atoms with Crippen LogP contribution < -0.4 is 0 Å². The molecule has 3 nitrogen and oxygen atoms in total. The molecule has 5 heteroatoms. The summed E-state index contributed by atoms with van der Waals surface area (Å²) in [6, 6.07) is 1.44. The lowest BCUT2D eigenvalue weighted by Gasteiger charge is -2.22. The Hall–Kier alpha value is -0.390. The number of nitrogens with zero attached hydrogens (tertiary/aromatic N) is 1. The molecule has 0 saturated carbocycles. The Bertz CT molecular complexity index is 360. The van der Waals surface area contributed by atoms with E-state index in [4.69, 9.17) is 0 Å². The van der Waals surface area contributed by atoms with Gasteiger partial charge in [-0.1, -0.05) is 0 Å². The lowest BCUT2D eigenvalue weighted by atomic mass is 10.1. The Morgan fingerprint density at radius 2 is 2.20 bits per heavy atom. The van der Waals surface area contributed by atoms with Gasteiger partial charge in [0, 0.05) is 0 Å². The number of carboxylic acids is 1. The lowest BCUT2D eigenvalue weighted by molar-refractivity contribution is -0.143. The zero-order valence-corrected chi connectivity index (χ0v) is 10.6. The number of rotatable bonds is 3. The standard InChI is InChI=1S/C10H12BrNO2S/c11-8-5-7(6-15-8)9(10(13)14)12-3-1-2-4-12/h5-6,9H,1-4H2,(H,13,14). The minimum Gasteiger partial charge on any atom is -0.480 e. The minimum absolute atomic E-state index is 0.463. The molecule has 1 atom stereocenters. The van der Waals surface area contributed by atoms with E-state index in [9.17, 15) is 9.90 Å². The number of likely N-dealkylation sites (tertiary alicyclic amines) is 1. The van der Waals surface area contributed by atoms with Crippen LogP contribution in [0.5, 0.6) is 0 Å². The van der Waals surface area contributed by atoms with Gasteiger partial charge >= 0.3 is 5.97 Å². The largest absolute Gasteiger partial charge is 0.480 e. The van der Waals surface area contributed by atoms with E-state index in [1.807, 2.05) is 16.3 Å². The summed E-state index contributed by atoms with van der Waals surface area (Å²) in [5.74, 6) is -0.748. The summed E-state index contributed by atoms with van der Waals surface area (Å²) in [6.07, 6.45) is 2.21. The molecule has 1 fully saturated rings. The van der Waals surface area contributed by atoms with E-state index in [0.717, 1.165) is 35.3 Å². The molecule has 0 spiro atoms. The van der Waals surface area contributed by atoms with E-state index < -0.39 is 12.0 Å². The van der Waals surface area contributed by atoms with Crippen LogP contribution >= 0.6 is 27.3 Å². The van der Waals surface area contributed by atoms with E-state index in [0.29, 0.717) is 0 Å². The van der Waals surface area contributed by atoms with Crippen molar-refractivity contribution in [2.75, 3.05) is 13.1 Å². The molecule has 1 unspecified atom stereocenters. The molecule has 0 radical (unpaired) electrons. The molecule has 1 N–H and O–H groups in total. The third kappa shape index (κ3) is 2.41. The maximum absolute atomic E-state index is 11.2. The first kappa shape index (κ1) is 11.1. The molecule has 0 aliphatic carbocycles. The van der Waals surface area contributed by atoms with Gasteiger partial charge in [0.15, 0.2) is 0 Å². The molecule has 1 aliphatic heterocycles.